The molecule has 6 nitrogen and oxygen atoms in total. The van der Waals surface area contributed by atoms with Crippen molar-refractivity contribution in [2.45, 2.75) is 18.9 Å². The van der Waals surface area contributed by atoms with E-state index in [0.29, 0.717) is 24.1 Å². The lowest BCUT2D eigenvalue weighted by molar-refractivity contribution is 0.145. The fourth-order valence-corrected chi connectivity index (χ4v) is 3.61. The van der Waals surface area contributed by atoms with Gasteiger partial charge in [0.05, 0.1) is 0 Å². The van der Waals surface area contributed by atoms with Gasteiger partial charge in [-0.2, -0.15) is 0 Å². The van der Waals surface area contributed by atoms with E-state index in [1.54, 1.807) is 12.1 Å². The van der Waals surface area contributed by atoms with Crippen LogP contribution in [0.5, 0.6) is 0 Å². The van der Waals surface area contributed by atoms with Crippen LogP contribution in [0.15, 0.2) is 29.6 Å². The van der Waals surface area contributed by atoms with Crippen molar-refractivity contribution in [2.24, 2.45) is 5.92 Å². The molecule has 0 unspecified atom stereocenters. The van der Waals surface area contributed by atoms with Crippen LogP contribution in [0.25, 0.3) is 0 Å². The summed E-state index contributed by atoms with van der Waals surface area (Å²) in [6.45, 7) is 6.66. The molecule has 0 aromatic carbocycles. The minimum absolute atomic E-state index is 0.106. The number of carbonyl (C=O) groups is 1. The number of anilines is 1. The van der Waals surface area contributed by atoms with Gasteiger partial charge in [-0.05, 0) is 31.5 Å². The third-order valence-corrected chi connectivity index (χ3v) is 4.44. The summed E-state index contributed by atoms with van der Waals surface area (Å²) in [4.78, 5) is 26.7. The predicted molar refractivity (Wildman–Crippen MR) is 86.3 cm³/mol. The number of piperidine rings is 1. The molecule has 2 bridgehead atoms. The van der Waals surface area contributed by atoms with E-state index in [1.165, 1.54) is 0 Å². The maximum Gasteiger partial charge on any atom is 0.319 e. The molecule has 2 aliphatic heterocycles. The summed E-state index contributed by atoms with van der Waals surface area (Å²) >= 11 is 0. The summed E-state index contributed by atoms with van der Waals surface area (Å²) in [6, 6.07) is 3.31. The largest absolute Gasteiger partial charge is 0.334 e. The smallest absolute Gasteiger partial charge is 0.319 e. The van der Waals surface area contributed by atoms with Crippen LogP contribution < -0.4 is 16.2 Å². The van der Waals surface area contributed by atoms with Gasteiger partial charge in [0.2, 0.25) is 0 Å². The van der Waals surface area contributed by atoms with E-state index >= 15 is 0 Å². The van der Waals surface area contributed by atoms with Crippen LogP contribution in [0.4, 0.5) is 10.5 Å². The molecule has 0 aliphatic carbocycles. The number of rotatable bonds is 3. The SMILES string of the molecule is C=CCNC(=O)Nc1ccc2n(c1=O)C[C@H]1C[C@H]2CN(C)C1. The van der Waals surface area contributed by atoms with Crippen LogP contribution in [0, 0.1) is 5.92 Å². The zero-order valence-corrected chi connectivity index (χ0v) is 12.8. The van der Waals surface area contributed by atoms with Crippen LogP contribution in [-0.4, -0.2) is 42.2 Å². The summed E-state index contributed by atoms with van der Waals surface area (Å²) in [6.07, 6.45) is 2.74. The van der Waals surface area contributed by atoms with Gasteiger partial charge in [-0.15, -0.1) is 6.58 Å². The van der Waals surface area contributed by atoms with Crippen molar-refractivity contribution in [1.82, 2.24) is 14.8 Å². The molecular formula is C16H22N4O2. The highest BCUT2D eigenvalue weighted by Crippen LogP contribution is 2.34. The Hall–Kier alpha value is -2.08. The first kappa shape index (κ1) is 14.8. The average Bonchev–Trinajstić information content (AvgIpc) is 2.48. The molecule has 6 heteroatoms. The summed E-state index contributed by atoms with van der Waals surface area (Å²) in [5.74, 6) is 0.924. The van der Waals surface area contributed by atoms with Crippen molar-refractivity contribution in [3.63, 3.8) is 0 Å². The normalized spacial score (nSPS) is 23.5. The van der Waals surface area contributed by atoms with E-state index in [2.05, 4.69) is 29.2 Å². The second-order valence-corrected chi connectivity index (χ2v) is 6.23. The average molecular weight is 302 g/mol. The number of urea groups is 1. The van der Waals surface area contributed by atoms with Crippen LogP contribution in [0.3, 0.4) is 0 Å². The molecule has 2 amide bonds. The van der Waals surface area contributed by atoms with Crippen LogP contribution in [0.2, 0.25) is 0 Å². The lowest BCUT2D eigenvalue weighted by Gasteiger charge is -2.41. The molecule has 3 rings (SSSR count). The van der Waals surface area contributed by atoms with E-state index in [4.69, 9.17) is 0 Å². The Morgan fingerprint density at radius 1 is 1.41 bits per heavy atom. The van der Waals surface area contributed by atoms with E-state index in [9.17, 15) is 9.59 Å². The fraction of sp³-hybridized carbons (Fsp3) is 0.500. The van der Waals surface area contributed by atoms with Crippen LogP contribution in [0.1, 0.15) is 18.0 Å². The van der Waals surface area contributed by atoms with Gasteiger partial charge >= 0.3 is 6.03 Å². The number of amides is 2. The van der Waals surface area contributed by atoms with Gasteiger partial charge in [-0.1, -0.05) is 6.08 Å². The number of fused-ring (bicyclic) bond motifs is 4. The summed E-state index contributed by atoms with van der Waals surface area (Å²) in [5.41, 5.74) is 1.31. The number of hydrogen-bond acceptors (Lipinski definition) is 3. The summed E-state index contributed by atoms with van der Waals surface area (Å²) < 4.78 is 1.84. The Bertz CT molecular complexity index is 652. The first-order valence-corrected chi connectivity index (χ1v) is 7.66. The van der Waals surface area contributed by atoms with Crippen molar-refractivity contribution < 1.29 is 4.79 Å². The summed E-state index contributed by atoms with van der Waals surface area (Å²) in [7, 11) is 2.13. The Morgan fingerprint density at radius 2 is 2.23 bits per heavy atom. The predicted octanol–water partition coefficient (Wildman–Crippen LogP) is 1.20. The van der Waals surface area contributed by atoms with Gasteiger partial charge in [0, 0.05) is 37.8 Å². The zero-order valence-electron chi connectivity index (χ0n) is 12.8. The molecule has 2 aliphatic rings. The standard InChI is InChI=1S/C16H22N4O2/c1-3-6-17-16(22)18-13-4-5-14-12-7-11(8-19(2)10-12)9-20(14)15(13)21/h3-5,11-12H,1,6-10H2,2H3,(H2,17,18,22)/t11-,12-/m0/s1. The maximum atomic E-state index is 12.6. The van der Waals surface area contributed by atoms with Gasteiger partial charge in [0.25, 0.3) is 5.56 Å². The Morgan fingerprint density at radius 3 is 3.00 bits per heavy atom. The van der Waals surface area contributed by atoms with Gasteiger partial charge in [0.15, 0.2) is 0 Å². The number of likely N-dealkylation sites (N-methyl/N-ethyl adjacent to an activating group) is 1. The first-order chi connectivity index (χ1) is 10.6. The highest BCUT2D eigenvalue weighted by atomic mass is 16.2. The second-order valence-electron chi connectivity index (χ2n) is 6.23. The van der Waals surface area contributed by atoms with Gasteiger partial charge in [0.1, 0.15) is 5.69 Å². The number of aromatic nitrogens is 1. The Labute approximate surface area is 129 Å². The van der Waals surface area contributed by atoms with Crippen molar-refractivity contribution in [2.75, 3.05) is 32.0 Å². The molecule has 22 heavy (non-hydrogen) atoms. The Balaban J connectivity index is 1.85. The van der Waals surface area contributed by atoms with Gasteiger partial charge in [-0.3, -0.25) is 4.79 Å². The fourth-order valence-electron chi connectivity index (χ4n) is 3.61. The molecule has 2 N–H and O–H groups in total. The van der Waals surface area contributed by atoms with Gasteiger partial charge < -0.3 is 20.1 Å². The molecule has 1 aromatic heterocycles. The lowest BCUT2D eigenvalue weighted by Crippen LogP contribution is -2.46. The molecule has 3 heterocycles. The molecule has 118 valence electrons. The quantitative estimate of drug-likeness (QED) is 0.825. The van der Waals surface area contributed by atoms with Crippen LogP contribution in [-0.2, 0) is 6.54 Å². The van der Waals surface area contributed by atoms with E-state index in [-0.39, 0.29) is 11.6 Å². The number of nitrogens with one attached hydrogen (secondary N) is 2. The number of carbonyl (C=O) groups excluding carboxylic acids is 1. The highest BCUT2D eigenvalue weighted by Gasteiger charge is 2.33. The molecule has 0 saturated carbocycles. The minimum atomic E-state index is -0.381. The van der Waals surface area contributed by atoms with Crippen molar-refractivity contribution in [3.8, 4) is 0 Å². The Kier molecular flexibility index (Phi) is 4.02. The second kappa shape index (κ2) is 5.96. The maximum absolute atomic E-state index is 12.6. The topological polar surface area (TPSA) is 66.4 Å². The molecular weight excluding hydrogens is 280 g/mol. The number of pyridine rings is 1. The first-order valence-electron chi connectivity index (χ1n) is 7.66. The number of nitrogens with zero attached hydrogens (tertiary/aromatic N) is 2. The van der Waals surface area contributed by atoms with E-state index in [1.807, 2.05) is 10.6 Å². The monoisotopic (exact) mass is 302 g/mol. The van der Waals surface area contributed by atoms with E-state index < -0.39 is 0 Å². The minimum Gasteiger partial charge on any atom is -0.334 e. The van der Waals surface area contributed by atoms with Crippen molar-refractivity contribution in [1.29, 1.82) is 0 Å². The van der Waals surface area contributed by atoms with Gasteiger partial charge in [-0.25, -0.2) is 4.79 Å². The van der Waals surface area contributed by atoms with Crippen LogP contribution >= 0.6 is 0 Å². The third kappa shape index (κ3) is 2.78. The molecule has 2 atom stereocenters. The van der Waals surface area contributed by atoms with E-state index in [0.717, 1.165) is 31.7 Å². The molecule has 0 spiro atoms. The number of hydrogen-bond donors (Lipinski definition) is 2. The lowest BCUT2D eigenvalue weighted by atomic mass is 9.83. The summed E-state index contributed by atoms with van der Waals surface area (Å²) in [5, 5.41) is 5.24. The van der Waals surface area contributed by atoms with Crippen molar-refractivity contribution in [3.05, 3.63) is 40.8 Å². The molecule has 1 fully saturated rings. The zero-order chi connectivity index (χ0) is 15.7. The third-order valence-electron chi connectivity index (χ3n) is 4.44. The highest BCUT2D eigenvalue weighted by molar-refractivity contribution is 5.89. The molecule has 1 saturated heterocycles. The number of likely N-dealkylation sites (tertiary alicyclic amines) is 1. The molecule has 0 radical (unpaired) electrons. The molecule has 1 aromatic rings. The van der Waals surface area contributed by atoms with Crippen molar-refractivity contribution >= 4 is 11.7 Å².